The molecule has 3 rings (SSSR count). The van der Waals surface area contributed by atoms with E-state index in [0.29, 0.717) is 17.4 Å². The summed E-state index contributed by atoms with van der Waals surface area (Å²) in [6, 6.07) is 4.54. The Hall–Kier alpha value is -1.51. The van der Waals surface area contributed by atoms with Crippen molar-refractivity contribution in [2.45, 2.75) is 25.2 Å². The lowest BCUT2D eigenvalue weighted by molar-refractivity contribution is -0.115. The molecule has 1 aromatic carbocycles. The molecule has 2 heterocycles. The lowest BCUT2D eigenvalue weighted by atomic mass is 9.98. The third-order valence-electron chi connectivity index (χ3n) is 4.09. The van der Waals surface area contributed by atoms with Gasteiger partial charge >= 0.3 is 0 Å². The molecule has 1 fully saturated rings. The molecule has 9 heteroatoms. The van der Waals surface area contributed by atoms with Crippen LogP contribution in [-0.2, 0) is 18.3 Å². The van der Waals surface area contributed by atoms with Crippen LogP contribution in [0.1, 0.15) is 30.1 Å². The summed E-state index contributed by atoms with van der Waals surface area (Å²) in [6.07, 6.45) is 1.92. The van der Waals surface area contributed by atoms with Gasteiger partial charge in [-0.1, -0.05) is 15.9 Å². The summed E-state index contributed by atoms with van der Waals surface area (Å²) < 4.78 is 16.1. The van der Waals surface area contributed by atoms with Crippen LogP contribution in [-0.4, -0.2) is 33.8 Å². The van der Waals surface area contributed by atoms with E-state index < -0.39 is 5.82 Å². The molecule has 1 aliphatic heterocycles. The highest BCUT2D eigenvalue weighted by molar-refractivity contribution is 9.10. The number of nitrogens with one attached hydrogen (secondary N) is 2. The molecule has 6 nitrogen and oxygen atoms in total. The van der Waals surface area contributed by atoms with Crippen LogP contribution in [0.4, 0.5) is 10.3 Å². The Morgan fingerprint density at radius 3 is 2.88 bits per heavy atom. The number of piperidine rings is 1. The number of hydrogen-bond donors (Lipinski definition) is 2. The van der Waals surface area contributed by atoms with Crippen molar-refractivity contribution in [1.29, 1.82) is 0 Å². The summed E-state index contributed by atoms with van der Waals surface area (Å²) in [6.45, 7) is 1.90. The van der Waals surface area contributed by atoms with Crippen molar-refractivity contribution >= 4 is 40.2 Å². The Balaban J connectivity index is 0.00000225. The van der Waals surface area contributed by atoms with Crippen LogP contribution >= 0.6 is 28.3 Å². The monoisotopic (exact) mass is 431 g/mol. The van der Waals surface area contributed by atoms with Gasteiger partial charge in [-0.3, -0.25) is 10.1 Å². The first kappa shape index (κ1) is 19.8. The Morgan fingerprint density at radius 2 is 2.16 bits per heavy atom. The maximum atomic E-state index is 13.8. The van der Waals surface area contributed by atoms with Gasteiger partial charge < -0.3 is 5.32 Å². The number of aromatic nitrogens is 3. The number of rotatable bonds is 4. The van der Waals surface area contributed by atoms with E-state index in [1.807, 2.05) is 0 Å². The van der Waals surface area contributed by atoms with Gasteiger partial charge in [0.1, 0.15) is 5.82 Å². The third kappa shape index (κ3) is 4.99. The highest BCUT2D eigenvalue weighted by atomic mass is 79.9. The molecule has 1 aromatic heterocycles. The standard InChI is InChI=1S/C16H19BrFN5O.ClH/c1-23-16(21-15(22-23)10-4-6-19-7-5-10)20-14(24)9-11-8-12(17)2-3-13(11)18;/h2-3,8,10,19H,4-7,9H2,1H3,(H,20,21,22,24);1H. The maximum absolute atomic E-state index is 13.8. The lowest BCUT2D eigenvalue weighted by Crippen LogP contribution is -2.27. The van der Waals surface area contributed by atoms with Gasteiger partial charge in [-0.2, -0.15) is 10.1 Å². The zero-order chi connectivity index (χ0) is 17.1. The molecular weight excluding hydrogens is 413 g/mol. The van der Waals surface area contributed by atoms with Crippen molar-refractivity contribution in [2.24, 2.45) is 7.05 Å². The number of anilines is 1. The second-order valence-corrected chi connectivity index (χ2v) is 6.82. The molecule has 1 saturated heterocycles. The number of halogens is 3. The number of benzene rings is 1. The molecule has 2 N–H and O–H groups in total. The summed E-state index contributed by atoms with van der Waals surface area (Å²) in [5, 5.41) is 10.4. The van der Waals surface area contributed by atoms with Crippen LogP contribution in [0, 0.1) is 5.82 Å². The van der Waals surface area contributed by atoms with E-state index >= 15 is 0 Å². The molecule has 2 aromatic rings. The van der Waals surface area contributed by atoms with E-state index in [0.717, 1.165) is 36.2 Å². The van der Waals surface area contributed by atoms with Crippen LogP contribution in [0.2, 0.25) is 0 Å². The largest absolute Gasteiger partial charge is 0.317 e. The van der Waals surface area contributed by atoms with Crippen LogP contribution in [0.15, 0.2) is 22.7 Å². The topological polar surface area (TPSA) is 71.8 Å². The Kier molecular flexibility index (Phi) is 6.92. The Bertz CT molecular complexity index is 748. The maximum Gasteiger partial charge on any atom is 0.231 e. The average molecular weight is 433 g/mol. The van der Waals surface area contributed by atoms with E-state index in [9.17, 15) is 9.18 Å². The molecule has 0 aliphatic carbocycles. The summed E-state index contributed by atoms with van der Waals surface area (Å²) in [5.74, 6) is 0.735. The molecule has 1 amide bonds. The number of aryl methyl sites for hydroxylation is 1. The number of hydrogen-bond acceptors (Lipinski definition) is 4. The SMILES string of the molecule is Cl.Cn1nc(C2CCNCC2)nc1NC(=O)Cc1cc(Br)ccc1F. The van der Waals surface area contributed by atoms with Gasteiger partial charge in [0, 0.05) is 17.4 Å². The molecule has 0 bridgehead atoms. The van der Waals surface area contributed by atoms with E-state index in [4.69, 9.17) is 0 Å². The second-order valence-electron chi connectivity index (χ2n) is 5.90. The lowest BCUT2D eigenvalue weighted by Gasteiger charge is -2.19. The van der Waals surface area contributed by atoms with Crippen molar-refractivity contribution in [3.05, 3.63) is 39.9 Å². The van der Waals surface area contributed by atoms with Crippen molar-refractivity contribution in [3.63, 3.8) is 0 Å². The van der Waals surface area contributed by atoms with Gasteiger partial charge in [-0.15, -0.1) is 12.4 Å². The summed E-state index contributed by atoms with van der Waals surface area (Å²) in [7, 11) is 1.74. The molecular formula is C16H20BrClFN5O. The Labute approximate surface area is 160 Å². The summed E-state index contributed by atoms with van der Waals surface area (Å²) in [4.78, 5) is 16.6. The van der Waals surface area contributed by atoms with Gasteiger partial charge in [-0.05, 0) is 49.7 Å². The van der Waals surface area contributed by atoms with Crippen LogP contribution in [0.25, 0.3) is 0 Å². The van der Waals surface area contributed by atoms with Crippen LogP contribution in [0.3, 0.4) is 0 Å². The molecule has 0 atom stereocenters. The molecule has 0 saturated carbocycles. The first-order valence-corrected chi connectivity index (χ1v) is 8.67. The van der Waals surface area contributed by atoms with Crippen molar-refractivity contribution in [2.75, 3.05) is 18.4 Å². The normalized spacial score (nSPS) is 14.8. The fraction of sp³-hybridized carbons (Fsp3) is 0.438. The van der Waals surface area contributed by atoms with Gasteiger partial charge in [0.15, 0.2) is 5.82 Å². The number of nitrogens with zero attached hydrogens (tertiary/aromatic N) is 3. The number of carbonyl (C=O) groups is 1. The summed E-state index contributed by atoms with van der Waals surface area (Å²) >= 11 is 3.28. The molecule has 0 spiro atoms. The first-order valence-electron chi connectivity index (χ1n) is 7.88. The highest BCUT2D eigenvalue weighted by Crippen LogP contribution is 2.23. The van der Waals surface area contributed by atoms with E-state index in [-0.39, 0.29) is 24.7 Å². The van der Waals surface area contributed by atoms with Crippen molar-refractivity contribution < 1.29 is 9.18 Å². The predicted octanol–water partition coefficient (Wildman–Crippen LogP) is 2.79. The zero-order valence-electron chi connectivity index (χ0n) is 13.8. The molecule has 1 aliphatic rings. The second kappa shape index (κ2) is 8.73. The Morgan fingerprint density at radius 1 is 1.44 bits per heavy atom. The smallest absolute Gasteiger partial charge is 0.231 e. The minimum atomic E-state index is -0.401. The highest BCUT2D eigenvalue weighted by Gasteiger charge is 2.21. The van der Waals surface area contributed by atoms with Crippen LogP contribution < -0.4 is 10.6 Å². The van der Waals surface area contributed by atoms with E-state index in [2.05, 4.69) is 36.6 Å². The van der Waals surface area contributed by atoms with Gasteiger partial charge in [0.05, 0.1) is 6.42 Å². The average Bonchev–Trinajstić information content (AvgIpc) is 2.92. The summed E-state index contributed by atoms with van der Waals surface area (Å²) in [5.41, 5.74) is 0.336. The fourth-order valence-corrected chi connectivity index (χ4v) is 3.20. The first-order chi connectivity index (χ1) is 11.5. The zero-order valence-corrected chi connectivity index (χ0v) is 16.2. The molecule has 0 radical (unpaired) electrons. The number of carbonyl (C=O) groups excluding carboxylic acids is 1. The fourth-order valence-electron chi connectivity index (χ4n) is 2.79. The van der Waals surface area contributed by atoms with Gasteiger partial charge in [-0.25, -0.2) is 9.07 Å². The van der Waals surface area contributed by atoms with Gasteiger partial charge in [0.2, 0.25) is 11.9 Å². The van der Waals surface area contributed by atoms with E-state index in [1.54, 1.807) is 23.9 Å². The van der Waals surface area contributed by atoms with Crippen molar-refractivity contribution in [1.82, 2.24) is 20.1 Å². The van der Waals surface area contributed by atoms with E-state index in [1.165, 1.54) is 6.07 Å². The number of amides is 1. The minimum absolute atomic E-state index is 0. The van der Waals surface area contributed by atoms with Gasteiger partial charge in [0.25, 0.3) is 0 Å². The van der Waals surface area contributed by atoms with Crippen LogP contribution in [0.5, 0.6) is 0 Å². The molecule has 136 valence electrons. The van der Waals surface area contributed by atoms with Crippen molar-refractivity contribution in [3.8, 4) is 0 Å². The third-order valence-corrected chi connectivity index (χ3v) is 4.59. The molecule has 25 heavy (non-hydrogen) atoms. The minimum Gasteiger partial charge on any atom is -0.317 e. The predicted molar refractivity (Wildman–Crippen MR) is 99.5 cm³/mol. The molecule has 0 unspecified atom stereocenters. The quantitative estimate of drug-likeness (QED) is 0.779.